The highest BCUT2D eigenvalue weighted by atomic mass is 16.5. The number of aromatic amines is 1. The van der Waals surface area contributed by atoms with Gasteiger partial charge in [0.2, 0.25) is 0 Å². The SMILES string of the molecule is C=C=C[C@]1(C(=O)OC)Cc2c([nH]c3ccccc23)[C@H](CCC)N1. The number of esters is 1. The van der Waals surface area contributed by atoms with Gasteiger partial charge in [0.05, 0.1) is 7.11 Å². The molecule has 0 bridgehead atoms. The average molecular weight is 310 g/mol. The smallest absolute Gasteiger partial charge is 0.331 e. The number of carbonyl (C=O) groups is 1. The molecule has 0 aliphatic carbocycles. The van der Waals surface area contributed by atoms with Gasteiger partial charge in [-0.1, -0.05) is 38.1 Å². The maximum Gasteiger partial charge on any atom is 0.331 e. The van der Waals surface area contributed by atoms with Crippen LogP contribution >= 0.6 is 0 Å². The van der Waals surface area contributed by atoms with Gasteiger partial charge in [0.15, 0.2) is 0 Å². The molecule has 1 aliphatic rings. The third-order valence-electron chi connectivity index (χ3n) is 4.56. The van der Waals surface area contributed by atoms with Gasteiger partial charge in [0.1, 0.15) is 5.54 Å². The fraction of sp³-hybridized carbons (Fsp3) is 0.368. The van der Waals surface area contributed by atoms with Gasteiger partial charge >= 0.3 is 5.97 Å². The predicted octanol–water partition coefficient (Wildman–Crippen LogP) is 3.41. The van der Waals surface area contributed by atoms with E-state index >= 15 is 0 Å². The van der Waals surface area contributed by atoms with Crippen LogP contribution in [0.3, 0.4) is 0 Å². The lowest BCUT2D eigenvalue weighted by atomic mass is 9.82. The van der Waals surface area contributed by atoms with E-state index in [0.29, 0.717) is 6.42 Å². The Morgan fingerprint density at radius 3 is 3.00 bits per heavy atom. The number of hydrogen-bond acceptors (Lipinski definition) is 3. The Kier molecular flexibility index (Phi) is 4.12. The lowest BCUT2D eigenvalue weighted by Crippen LogP contribution is -2.56. The summed E-state index contributed by atoms with van der Waals surface area (Å²) in [4.78, 5) is 16.0. The van der Waals surface area contributed by atoms with E-state index in [2.05, 4.69) is 41.7 Å². The first kappa shape index (κ1) is 15.6. The van der Waals surface area contributed by atoms with Gasteiger partial charge in [-0.25, -0.2) is 4.79 Å². The minimum Gasteiger partial charge on any atom is -0.467 e. The second-order valence-electron chi connectivity index (χ2n) is 6.04. The van der Waals surface area contributed by atoms with E-state index in [-0.39, 0.29) is 12.0 Å². The third-order valence-corrected chi connectivity index (χ3v) is 4.56. The molecule has 0 amide bonds. The maximum absolute atomic E-state index is 12.5. The predicted molar refractivity (Wildman–Crippen MR) is 91.2 cm³/mol. The van der Waals surface area contributed by atoms with E-state index in [9.17, 15) is 4.79 Å². The lowest BCUT2D eigenvalue weighted by Gasteiger charge is -2.37. The molecule has 2 N–H and O–H groups in total. The first-order valence-electron chi connectivity index (χ1n) is 7.97. The van der Waals surface area contributed by atoms with Crippen molar-refractivity contribution in [3.63, 3.8) is 0 Å². The molecule has 0 saturated heterocycles. The van der Waals surface area contributed by atoms with E-state index in [0.717, 1.165) is 23.7 Å². The number of nitrogens with one attached hydrogen (secondary N) is 2. The largest absolute Gasteiger partial charge is 0.467 e. The Morgan fingerprint density at radius 1 is 1.52 bits per heavy atom. The highest BCUT2D eigenvalue weighted by Crippen LogP contribution is 2.38. The molecule has 4 heteroatoms. The van der Waals surface area contributed by atoms with Gasteiger partial charge < -0.3 is 9.72 Å². The third kappa shape index (κ3) is 2.50. The number of hydrogen-bond donors (Lipinski definition) is 2. The van der Waals surface area contributed by atoms with Gasteiger partial charge in [-0.2, -0.15) is 0 Å². The summed E-state index contributed by atoms with van der Waals surface area (Å²) in [7, 11) is 1.42. The quantitative estimate of drug-likeness (QED) is 0.672. The number of rotatable bonds is 4. The monoisotopic (exact) mass is 310 g/mol. The van der Waals surface area contributed by atoms with Crippen LogP contribution in [0.4, 0.5) is 0 Å². The number of H-pyrrole nitrogens is 1. The lowest BCUT2D eigenvalue weighted by molar-refractivity contribution is -0.147. The van der Waals surface area contributed by atoms with Crippen molar-refractivity contribution in [1.82, 2.24) is 10.3 Å². The van der Waals surface area contributed by atoms with Crippen molar-refractivity contribution < 1.29 is 9.53 Å². The van der Waals surface area contributed by atoms with E-state index in [1.807, 2.05) is 12.1 Å². The van der Waals surface area contributed by atoms with E-state index < -0.39 is 5.54 Å². The molecule has 1 aliphatic heterocycles. The van der Waals surface area contributed by atoms with Crippen LogP contribution in [0.2, 0.25) is 0 Å². The van der Waals surface area contributed by atoms with Crippen LogP contribution in [0.1, 0.15) is 37.1 Å². The number of aromatic nitrogens is 1. The summed E-state index contributed by atoms with van der Waals surface area (Å²) in [5, 5.41) is 4.64. The van der Waals surface area contributed by atoms with Crippen molar-refractivity contribution in [2.75, 3.05) is 7.11 Å². The molecule has 23 heavy (non-hydrogen) atoms. The maximum atomic E-state index is 12.5. The Labute approximate surface area is 136 Å². The fourth-order valence-electron chi connectivity index (χ4n) is 3.57. The molecule has 0 spiro atoms. The Bertz CT molecular complexity index is 786. The first-order chi connectivity index (χ1) is 11.1. The summed E-state index contributed by atoms with van der Waals surface area (Å²) in [6.45, 7) is 5.80. The van der Waals surface area contributed by atoms with Crippen LogP contribution in [0.15, 0.2) is 42.7 Å². The Balaban J connectivity index is 2.19. The standard InChI is InChI=1S/C19H22N2O2/c1-4-8-16-17-14(13-9-6-7-10-15(13)20-17)12-19(21-16,11-5-2)18(22)23-3/h6-7,9-11,16,20-21H,2,4,8,12H2,1,3H3/t16-,19+/m0/s1. The molecule has 0 fully saturated rings. The summed E-state index contributed by atoms with van der Waals surface area (Å²) in [5.74, 6) is -0.300. The van der Waals surface area contributed by atoms with Gasteiger partial charge in [0, 0.05) is 29.1 Å². The van der Waals surface area contributed by atoms with Crippen LogP contribution in [0, 0.1) is 0 Å². The Morgan fingerprint density at radius 2 is 2.30 bits per heavy atom. The summed E-state index contributed by atoms with van der Waals surface area (Å²) in [5.41, 5.74) is 5.32. The van der Waals surface area contributed by atoms with E-state index in [1.165, 1.54) is 18.4 Å². The minimum absolute atomic E-state index is 0.0693. The highest BCUT2D eigenvalue weighted by Gasteiger charge is 2.44. The highest BCUT2D eigenvalue weighted by molar-refractivity contribution is 5.89. The molecule has 0 radical (unpaired) electrons. The zero-order valence-corrected chi connectivity index (χ0v) is 13.6. The number of ether oxygens (including phenoxy) is 1. The van der Waals surface area contributed by atoms with Crippen molar-refractivity contribution in [2.45, 2.75) is 37.8 Å². The van der Waals surface area contributed by atoms with Crippen LogP contribution in [-0.4, -0.2) is 23.6 Å². The Hall–Kier alpha value is -2.29. The molecule has 3 rings (SSSR count). The fourth-order valence-corrected chi connectivity index (χ4v) is 3.57. The number of para-hydroxylation sites is 1. The molecule has 2 heterocycles. The first-order valence-corrected chi connectivity index (χ1v) is 7.97. The summed E-state index contributed by atoms with van der Waals surface area (Å²) >= 11 is 0. The van der Waals surface area contributed by atoms with Gasteiger partial charge in [-0.15, -0.1) is 5.73 Å². The molecule has 2 aromatic rings. The topological polar surface area (TPSA) is 54.1 Å². The van der Waals surface area contributed by atoms with Crippen LogP contribution in [0.25, 0.3) is 10.9 Å². The van der Waals surface area contributed by atoms with Gasteiger partial charge in [-0.05, 0) is 24.1 Å². The van der Waals surface area contributed by atoms with Crippen molar-refractivity contribution >= 4 is 16.9 Å². The molecular formula is C19H22N2O2. The van der Waals surface area contributed by atoms with Crippen molar-refractivity contribution in [1.29, 1.82) is 0 Å². The zero-order chi connectivity index (χ0) is 16.4. The minimum atomic E-state index is -0.908. The van der Waals surface area contributed by atoms with Crippen molar-refractivity contribution in [2.24, 2.45) is 0 Å². The molecule has 1 aromatic carbocycles. The van der Waals surface area contributed by atoms with Gasteiger partial charge in [-0.3, -0.25) is 5.32 Å². The number of methoxy groups -OCH3 is 1. The van der Waals surface area contributed by atoms with E-state index in [1.54, 1.807) is 6.08 Å². The van der Waals surface area contributed by atoms with Crippen molar-refractivity contribution in [3.05, 3.63) is 53.9 Å². The molecule has 4 nitrogen and oxygen atoms in total. The van der Waals surface area contributed by atoms with Gasteiger partial charge in [0.25, 0.3) is 0 Å². The molecule has 1 aromatic heterocycles. The average Bonchev–Trinajstić information content (AvgIpc) is 2.93. The molecule has 2 atom stereocenters. The number of benzene rings is 1. The summed E-state index contributed by atoms with van der Waals surface area (Å²) in [6.07, 6.45) is 4.18. The molecule has 0 unspecified atom stereocenters. The summed E-state index contributed by atoms with van der Waals surface area (Å²) in [6, 6.07) is 8.28. The second kappa shape index (κ2) is 6.07. The normalized spacial score (nSPS) is 23.1. The second-order valence-corrected chi connectivity index (χ2v) is 6.04. The van der Waals surface area contributed by atoms with E-state index in [4.69, 9.17) is 4.74 Å². The van der Waals surface area contributed by atoms with Crippen molar-refractivity contribution in [3.8, 4) is 0 Å². The summed E-state index contributed by atoms with van der Waals surface area (Å²) < 4.78 is 5.07. The number of fused-ring (bicyclic) bond motifs is 3. The molecule has 120 valence electrons. The van der Waals surface area contributed by atoms with Crippen LogP contribution in [0.5, 0.6) is 0 Å². The van der Waals surface area contributed by atoms with Crippen LogP contribution in [-0.2, 0) is 16.0 Å². The number of carbonyl (C=O) groups excluding carboxylic acids is 1. The molecular weight excluding hydrogens is 288 g/mol. The molecule has 0 saturated carbocycles. The zero-order valence-electron chi connectivity index (χ0n) is 13.6. The van der Waals surface area contributed by atoms with Crippen LogP contribution < -0.4 is 5.32 Å².